The molecule has 8 nitrogen and oxygen atoms in total. The van der Waals surface area contributed by atoms with Crippen LogP contribution >= 0.6 is 11.6 Å². The Morgan fingerprint density at radius 3 is 2.39 bits per heavy atom. The van der Waals surface area contributed by atoms with Crippen LogP contribution in [0.3, 0.4) is 0 Å². The van der Waals surface area contributed by atoms with E-state index in [9.17, 15) is 22.4 Å². The molecular formula is C30H35ClFN3O5S. The number of amides is 2. The van der Waals surface area contributed by atoms with Gasteiger partial charge in [-0.1, -0.05) is 62.2 Å². The van der Waals surface area contributed by atoms with Crippen molar-refractivity contribution in [1.29, 1.82) is 0 Å². The topological polar surface area (TPSA) is 96.0 Å². The normalized spacial score (nSPS) is 11.9. The van der Waals surface area contributed by atoms with Crippen LogP contribution in [0, 0.1) is 5.82 Å². The number of nitrogens with one attached hydrogen (secondary N) is 1. The summed E-state index contributed by atoms with van der Waals surface area (Å²) in [7, 11) is -2.76. The predicted molar refractivity (Wildman–Crippen MR) is 158 cm³/mol. The van der Waals surface area contributed by atoms with Gasteiger partial charge in [-0.15, -0.1) is 0 Å². The number of hydrogen-bond acceptors (Lipinski definition) is 5. The molecule has 1 N–H and O–H groups in total. The summed E-state index contributed by atoms with van der Waals surface area (Å²) in [5.41, 5.74) is 0.704. The van der Waals surface area contributed by atoms with Crippen molar-refractivity contribution in [2.45, 2.75) is 50.6 Å². The number of hydrogen-bond donors (Lipinski definition) is 1. The van der Waals surface area contributed by atoms with Crippen molar-refractivity contribution in [2.24, 2.45) is 0 Å². The van der Waals surface area contributed by atoms with Crippen LogP contribution in [0.4, 0.5) is 10.1 Å². The summed E-state index contributed by atoms with van der Waals surface area (Å²) < 4.78 is 47.8. The number of rotatable bonds is 14. The highest BCUT2D eigenvalue weighted by atomic mass is 35.5. The van der Waals surface area contributed by atoms with Crippen LogP contribution < -0.4 is 14.4 Å². The van der Waals surface area contributed by atoms with Crippen LogP contribution in [0.2, 0.25) is 5.02 Å². The van der Waals surface area contributed by atoms with Crippen molar-refractivity contribution in [3.05, 3.63) is 89.2 Å². The fourth-order valence-corrected chi connectivity index (χ4v) is 5.88. The lowest BCUT2D eigenvalue weighted by atomic mass is 10.1. The molecule has 1 atom stereocenters. The molecule has 11 heteroatoms. The molecule has 3 aromatic rings. The van der Waals surface area contributed by atoms with Gasteiger partial charge in [0.05, 0.1) is 22.7 Å². The number of sulfonamides is 1. The van der Waals surface area contributed by atoms with E-state index in [0.29, 0.717) is 24.3 Å². The van der Waals surface area contributed by atoms with Gasteiger partial charge in [-0.05, 0) is 60.9 Å². The SMILES string of the molecule is CCCCNC(=O)[C@H](CC)N(Cc1cccc(OC)c1)C(=O)CN(c1ccc(F)c(Cl)c1)S(=O)(=O)c1ccccc1. The Hall–Kier alpha value is -3.63. The monoisotopic (exact) mass is 603 g/mol. The number of ether oxygens (including phenoxy) is 1. The van der Waals surface area contributed by atoms with Gasteiger partial charge >= 0.3 is 0 Å². The number of anilines is 1. The molecule has 0 saturated heterocycles. The molecule has 0 fully saturated rings. The molecule has 220 valence electrons. The molecule has 41 heavy (non-hydrogen) atoms. The zero-order chi connectivity index (χ0) is 30.0. The van der Waals surface area contributed by atoms with Crippen LogP contribution in [0.25, 0.3) is 0 Å². The second-order valence-corrected chi connectivity index (χ2v) is 11.6. The highest BCUT2D eigenvalue weighted by Gasteiger charge is 2.33. The molecular weight excluding hydrogens is 569 g/mol. The van der Waals surface area contributed by atoms with E-state index in [-0.39, 0.29) is 28.1 Å². The molecule has 0 aliphatic heterocycles. The van der Waals surface area contributed by atoms with E-state index in [1.807, 2.05) is 6.92 Å². The molecule has 0 aromatic heterocycles. The van der Waals surface area contributed by atoms with Gasteiger partial charge in [0.1, 0.15) is 24.2 Å². The fourth-order valence-electron chi connectivity index (χ4n) is 4.28. The van der Waals surface area contributed by atoms with Crippen molar-refractivity contribution in [1.82, 2.24) is 10.2 Å². The summed E-state index contributed by atoms with van der Waals surface area (Å²) in [6, 6.07) is 17.3. The van der Waals surface area contributed by atoms with E-state index >= 15 is 0 Å². The number of carbonyl (C=O) groups is 2. The summed E-state index contributed by atoms with van der Waals surface area (Å²) in [4.78, 5) is 28.6. The lowest BCUT2D eigenvalue weighted by molar-refractivity contribution is -0.140. The zero-order valence-corrected chi connectivity index (χ0v) is 24.9. The van der Waals surface area contributed by atoms with E-state index in [2.05, 4.69) is 5.32 Å². The van der Waals surface area contributed by atoms with Crippen molar-refractivity contribution in [3.63, 3.8) is 0 Å². The van der Waals surface area contributed by atoms with Crippen LogP contribution in [-0.2, 0) is 26.2 Å². The summed E-state index contributed by atoms with van der Waals surface area (Å²) in [6.45, 7) is 3.62. The summed E-state index contributed by atoms with van der Waals surface area (Å²) in [6.07, 6.45) is 1.96. The molecule has 2 amide bonds. The molecule has 0 unspecified atom stereocenters. The molecule has 0 bridgehead atoms. The third-order valence-electron chi connectivity index (χ3n) is 6.50. The third kappa shape index (κ3) is 8.20. The molecule has 0 saturated carbocycles. The Bertz CT molecular complexity index is 1440. The number of benzene rings is 3. The average molecular weight is 604 g/mol. The zero-order valence-electron chi connectivity index (χ0n) is 23.3. The summed E-state index contributed by atoms with van der Waals surface area (Å²) in [5.74, 6) is -1.11. The Kier molecular flexibility index (Phi) is 11.5. The highest BCUT2D eigenvalue weighted by Crippen LogP contribution is 2.28. The van der Waals surface area contributed by atoms with Gasteiger partial charge in [-0.3, -0.25) is 13.9 Å². The first kappa shape index (κ1) is 31.9. The van der Waals surface area contributed by atoms with Crippen LogP contribution in [0.1, 0.15) is 38.7 Å². The molecule has 0 spiro atoms. The van der Waals surface area contributed by atoms with Crippen molar-refractivity contribution < 1.29 is 27.1 Å². The number of carbonyl (C=O) groups excluding carboxylic acids is 2. The molecule has 3 aromatic carbocycles. The Morgan fingerprint density at radius 1 is 1.02 bits per heavy atom. The number of halogens is 2. The van der Waals surface area contributed by atoms with Gasteiger partial charge in [0, 0.05) is 13.1 Å². The van der Waals surface area contributed by atoms with Gasteiger partial charge in [0.2, 0.25) is 11.8 Å². The van der Waals surface area contributed by atoms with Gasteiger partial charge in [-0.2, -0.15) is 0 Å². The first-order valence-electron chi connectivity index (χ1n) is 13.3. The Labute approximate surface area is 246 Å². The Balaban J connectivity index is 2.05. The van der Waals surface area contributed by atoms with Crippen LogP contribution in [-0.4, -0.2) is 51.4 Å². The van der Waals surface area contributed by atoms with Crippen LogP contribution in [0.15, 0.2) is 77.7 Å². The van der Waals surface area contributed by atoms with Gasteiger partial charge in [0.15, 0.2) is 0 Å². The quantitative estimate of drug-likeness (QED) is 0.249. The minimum absolute atomic E-state index is 0.00961. The Morgan fingerprint density at radius 2 is 1.76 bits per heavy atom. The molecule has 0 aliphatic rings. The van der Waals surface area contributed by atoms with Gasteiger partial charge in [0.25, 0.3) is 10.0 Å². The lowest BCUT2D eigenvalue weighted by Gasteiger charge is -2.33. The molecule has 0 aliphatic carbocycles. The minimum atomic E-state index is -4.28. The smallest absolute Gasteiger partial charge is 0.264 e. The number of unbranched alkanes of at least 4 members (excludes halogenated alkanes) is 1. The van der Waals surface area contributed by atoms with Gasteiger partial charge < -0.3 is 15.0 Å². The van der Waals surface area contributed by atoms with Crippen molar-refractivity contribution >= 4 is 39.1 Å². The highest BCUT2D eigenvalue weighted by molar-refractivity contribution is 7.92. The third-order valence-corrected chi connectivity index (χ3v) is 8.58. The van der Waals surface area contributed by atoms with Crippen molar-refractivity contribution in [3.8, 4) is 5.75 Å². The maximum Gasteiger partial charge on any atom is 0.264 e. The average Bonchev–Trinajstić information content (AvgIpc) is 2.97. The first-order chi connectivity index (χ1) is 19.6. The number of methoxy groups -OCH3 is 1. The molecule has 3 rings (SSSR count). The standard InChI is InChI=1S/C30H35ClFN3O5S/c1-4-6-17-33-30(37)28(5-2)34(20-22-11-10-12-24(18-22)40-3)29(36)21-35(23-15-16-27(32)26(31)19-23)41(38,39)25-13-8-7-9-14-25/h7-16,18-19,28H,4-6,17,20-21H2,1-3H3,(H,33,37)/t28-/m0/s1. The van der Waals surface area contributed by atoms with E-state index < -0.39 is 34.3 Å². The summed E-state index contributed by atoms with van der Waals surface area (Å²) in [5, 5.41) is 2.59. The van der Waals surface area contributed by atoms with Crippen LogP contribution in [0.5, 0.6) is 5.75 Å². The van der Waals surface area contributed by atoms with E-state index in [4.69, 9.17) is 16.3 Å². The minimum Gasteiger partial charge on any atom is -0.497 e. The fraction of sp³-hybridized carbons (Fsp3) is 0.333. The van der Waals surface area contributed by atoms with E-state index in [1.54, 1.807) is 49.4 Å². The van der Waals surface area contributed by atoms with Gasteiger partial charge in [-0.25, -0.2) is 12.8 Å². The maximum atomic E-state index is 14.1. The second kappa shape index (κ2) is 14.8. The largest absolute Gasteiger partial charge is 0.497 e. The number of nitrogens with zero attached hydrogens (tertiary/aromatic N) is 2. The lowest BCUT2D eigenvalue weighted by Crippen LogP contribution is -2.52. The molecule has 0 radical (unpaired) electrons. The predicted octanol–water partition coefficient (Wildman–Crippen LogP) is 5.41. The van der Waals surface area contributed by atoms with Crippen molar-refractivity contribution in [2.75, 3.05) is 24.5 Å². The first-order valence-corrected chi connectivity index (χ1v) is 15.2. The summed E-state index contributed by atoms with van der Waals surface area (Å²) >= 11 is 6.01. The second-order valence-electron chi connectivity index (χ2n) is 9.36. The van der Waals surface area contributed by atoms with E-state index in [0.717, 1.165) is 29.3 Å². The molecule has 0 heterocycles. The van der Waals surface area contributed by atoms with E-state index in [1.165, 1.54) is 30.2 Å². The maximum absolute atomic E-state index is 14.1.